The summed E-state index contributed by atoms with van der Waals surface area (Å²) in [5, 5.41) is 4.91. The maximum absolute atomic E-state index is 12.3. The topological polar surface area (TPSA) is 111 Å². The van der Waals surface area contributed by atoms with Gasteiger partial charge >= 0.3 is 18.0 Å². The maximum Gasteiger partial charge on any atom is 0.337 e. The minimum atomic E-state index is -0.595. The lowest BCUT2D eigenvalue weighted by molar-refractivity contribution is -0.143. The van der Waals surface area contributed by atoms with Gasteiger partial charge in [0.1, 0.15) is 6.61 Å². The minimum Gasteiger partial charge on any atom is -0.463 e. The number of carbonyl (C=O) groups is 4. The summed E-state index contributed by atoms with van der Waals surface area (Å²) >= 11 is 0. The summed E-state index contributed by atoms with van der Waals surface area (Å²) in [6.07, 6.45) is -0.0821. The Labute approximate surface area is 163 Å². The zero-order valence-corrected chi connectivity index (χ0v) is 16.2. The van der Waals surface area contributed by atoms with Crippen molar-refractivity contribution in [1.29, 1.82) is 0 Å². The Kier molecular flexibility index (Phi) is 7.31. The first kappa shape index (κ1) is 21.1. The molecule has 0 atom stereocenters. The van der Waals surface area contributed by atoms with E-state index >= 15 is 0 Å². The molecule has 1 aromatic rings. The van der Waals surface area contributed by atoms with Crippen LogP contribution in [0.1, 0.15) is 41.3 Å². The van der Waals surface area contributed by atoms with Gasteiger partial charge in [0.05, 0.1) is 30.8 Å². The van der Waals surface area contributed by atoms with Gasteiger partial charge in [-0.25, -0.2) is 9.59 Å². The SMILES string of the molecule is CCOC(=O)C1=C(COC(=O)CCC(=O)c2cc(C)ccc2C)NC(=O)NC1. The number of nitrogens with one attached hydrogen (secondary N) is 2. The van der Waals surface area contributed by atoms with Crippen molar-refractivity contribution in [1.82, 2.24) is 10.6 Å². The van der Waals surface area contributed by atoms with E-state index in [4.69, 9.17) is 9.47 Å². The van der Waals surface area contributed by atoms with E-state index in [1.165, 1.54) is 0 Å². The van der Waals surface area contributed by atoms with Crippen molar-refractivity contribution in [2.24, 2.45) is 0 Å². The molecule has 0 radical (unpaired) electrons. The molecule has 0 saturated carbocycles. The lowest BCUT2D eigenvalue weighted by atomic mass is 9.99. The predicted molar refractivity (Wildman–Crippen MR) is 101 cm³/mol. The van der Waals surface area contributed by atoms with E-state index < -0.39 is 18.0 Å². The van der Waals surface area contributed by atoms with Crippen LogP contribution >= 0.6 is 0 Å². The van der Waals surface area contributed by atoms with E-state index in [0.29, 0.717) is 5.56 Å². The molecule has 2 amide bonds. The van der Waals surface area contributed by atoms with Gasteiger partial charge in [-0.15, -0.1) is 0 Å². The van der Waals surface area contributed by atoms with Crippen LogP contribution in [0.2, 0.25) is 0 Å². The van der Waals surface area contributed by atoms with Gasteiger partial charge in [-0.1, -0.05) is 17.7 Å². The summed E-state index contributed by atoms with van der Waals surface area (Å²) in [5.41, 5.74) is 2.78. The highest BCUT2D eigenvalue weighted by Gasteiger charge is 2.24. The number of benzene rings is 1. The van der Waals surface area contributed by atoms with Gasteiger partial charge in [0, 0.05) is 12.0 Å². The molecule has 2 N–H and O–H groups in total. The lowest BCUT2D eigenvalue weighted by Crippen LogP contribution is -2.45. The third-order valence-corrected chi connectivity index (χ3v) is 4.20. The largest absolute Gasteiger partial charge is 0.463 e. The number of urea groups is 1. The van der Waals surface area contributed by atoms with E-state index in [2.05, 4.69) is 10.6 Å². The molecule has 0 fully saturated rings. The van der Waals surface area contributed by atoms with E-state index in [-0.39, 0.29) is 49.7 Å². The first-order valence-corrected chi connectivity index (χ1v) is 9.02. The molecule has 1 aromatic carbocycles. The van der Waals surface area contributed by atoms with Crippen molar-refractivity contribution in [3.8, 4) is 0 Å². The second-order valence-electron chi connectivity index (χ2n) is 6.39. The molecule has 1 aliphatic heterocycles. The van der Waals surface area contributed by atoms with Crippen LogP contribution in [0, 0.1) is 13.8 Å². The highest BCUT2D eigenvalue weighted by Crippen LogP contribution is 2.14. The zero-order valence-electron chi connectivity index (χ0n) is 16.2. The number of amides is 2. The Bertz CT molecular complexity index is 828. The standard InChI is InChI=1S/C20H24N2O6/c1-4-27-19(25)15-10-21-20(26)22-16(15)11-28-18(24)8-7-17(23)14-9-12(2)5-6-13(14)3/h5-6,9H,4,7-8,10-11H2,1-3H3,(H2,21,22,26). The minimum absolute atomic E-state index is 0.0112. The van der Waals surface area contributed by atoms with Crippen molar-refractivity contribution >= 4 is 23.8 Å². The molecule has 150 valence electrons. The molecule has 0 saturated heterocycles. The van der Waals surface area contributed by atoms with Crippen LogP contribution in [-0.2, 0) is 19.1 Å². The Hall–Kier alpha value is -3.16. The van der Waals surface area contributed by atoms with E-state index in [0.717, 1.165) is 11.1 Å². The summed E-state index contributed by atoms with van der Waals surface area (Å²) in [6, 6.07) is 5.08. The first-order chi connectivity index (χ1) is 13.3. The molecule has 0 bridgehead atoms. The maximum atomic E-state index is 12.3. The number of ketones is 1. The average molecular weight is 388 g/mol. The summed E-state index contributed by atoms with van der Waals surface area (Å²) in [4.78, 5) is 47.8. The van der Waals surface area contributed by atoms with E-state index in [1.807, 2.05) is 26.0 Å². The third-order valence-electron chi connectivity index (χ3n) is 4.20. The molecular formula is C20H24N2O6. The number of carbonyl (C=O) groups excluding carboxylic acids is 4. The van der Waals surface area contributed by atoms with Crippen molar-refractivity contribution in [2.45, 2.75) is 33.6 Å². The van der Waals surface area contributed by atoms with Gasteiger partial charge in [0.25, 0.3) is 0 Å². The van der Waals surface area contributed by atoms with Gasteiger partial charge in [0.15, 0.2) is 5.78 Å². The summed E-state index contributed by atoms with van der Waals surface area (Å²) in [7, 11) is 0. The molecule has 2 rings (SSSR count). The summed E-state index contributed by atoms with van der Waals surface area (Å²) in [5.74, 6) is -1.33. The van der Waals surface area contributed by atoms with Crippen molar-refractivity contribution in [3.63, 3.8) is 0 Å². The zero-order chi connectivity index (χ0) is 20.7. The van der Waals surface area contributed by atoms with Gasteiger partial charge in [-0.3, -0.25) is 9.59 Å². The number of hydrogen-bond donors (Lipinski definition) is 2. The molecule has 0 aromatic heterocycles. The monoisotopic (exact) mass is 388 g/mol. The Morgan fingerprint density at radius 3 is 2.57 bits per heavy atom. The molecule has 0 aliphatic carbocycles. The van der Waals surface area contributed by atoms with Crippen LogP contribution in [0.3, 0.4) is 0 Å². The molecule has 8 nitrogen and oxygen atoms in total. The van der Waals surface area contributed by atoms with Crippen molar-refractivity contribution in [2.75, 3.05) is 19.8 Å². The number of esters is 2. The quantitative estimate of drug-likeness (QED) is 0.520. The highest BCUT2D eigenvalue weighted by atomic mass is 16.5. The molecule has 1 aliphatic rings. The number of hydrogen-bond acceptors (Lipinski definition) is 6. The second-order valence-corrected chi connectivity index (χ2v) is 6.39. The second kappa shape index (κ2) is 9.68. The van der Waals surface area contributed by atoms with E-state index in [9.17, 15) is 19.2 Å². The van der Waals surface area contributed by atoms with Crippen molar-refractivity contribution < 1.29 is 28.7 Å². The lowest BCUT2D eigenvalue weighted by Gasteiger charge is -2.21. The van der Waals surface area contributed by atoms with Crippen LogP contribution in [-0.4, -0.2) is 43.5 Å². The summed E-state index contributed by atoms with van der Waals surface area (Å²) < 4.78 is 10.1. The van der Waals surface area contributed by atoms with Crippen LogP contribution in [0.4, 0.5) is 4.79 Å². The van der Waals surface area contributed by atoms with Crippen LogP contribution in [0.5, 0.6) is 0 Å². The number of rotatable bonds is 8. The van der Waals surface area contributed by atoms with Crippen LogP contribution in [0.25, 0.3) is 0 Å². The van der Waals surface area contributed by atoms with Gasteiger partial charge < -0.3 is 20.1 Å². The average Bonchev–Trinajstić information content (AvgIpc) is 2.66. The first-order valence-electron chi connectivity index (χ1n) is 9.02. The smallest absolute Gasteiger partial charge is 0.337 e. The summed E-state index contributed by atoms with van der Waals surface area (Å²) in [6.45, 7) is 5.30. The fourth-order valence-electron chi connectivity index (χ4n) is 2.68. The van der Waals surface area contributed by atoms with Gasteiger partial charge in [-0.05, 0) is 32.4 Å². The fourth-order valence-corrected chi connectivity index (χ4v) is 2.68. The molecular weight excluding hydrogens is 364 g/mol. The third kappa shape index (κ3) is 5.67. The van der Waals surface area contributed by atoms with Crippen molar-refractivity contribution in [3.05, 3.63) is 46.2 Å². The normalized spacial score (nSPS) is 13.5. The van der Waals surface area contributed by atoms with Crippen LogP contribution < -0.4 is 10.6 Å². The molecule has 8 heteroatoms. The number of ether oxygens (including phenoxy) is 2. The Balaban J connectivity index is 1.93. The Morgan fingerprint density at radius 2 is 1.86 bits per heavy atom. The molecule has 28 heavy (non-hydrogen) atoms. The van der Waals surface area contributed by atoms with Gasteiger partial charge in [-0.2, -0.15) is 0 Å². The highest BCUT2D eigenvalue weighted by molar-refractivity contribution is 5.99. The van der Waals surface area contributed by atoms with E-state index in [1.54, 1.807) is 13.0 Å². The molecule has 0 spiro atoms. The Morgan fingerprint density at radius 1 is 1.11 bits per heavy atom. The number of Topliss-reactive ketones (excluding diaryl/α,β-unsaturated/α-hetero) is 1. The van der Waals surface area contributed by atoms with Crippen LogP contribution in [0.15, 0.2) is 29.5 Å². The number of aryl methyl sites for hydroxylation is 2. The van der Waals surface area contributed by atoms with Gasteiger partial charge in [0.2, 0.25) is 0 Å². The fraction of sp³-hybridized carbons (Fsp3) is 0.400. The predicted octanol–water partition coefficient (Wildman–Crippen LogP) is 1.94. The molecule has 1 heterocycles. The molecule has 0 unspecified atom stereocenters.